The van der Waals surface area contributed by atoms with Gasteiger partial charge in [0.05, 0.1) is 0 Å². The summed E-state index contributed by atoms with van der Waals surface area (Å²) in [4.78, 5) is 27.9. The SMILES string of the molecule is Cc1ccc(CN(C(=O)CCl)[C@@H](C(=O)NC2CCCCCC2)c2ccc(F)cc2Cl)cc1. The Bertz CT molecular complexity index is 928. The van der Waals surface area contributed by atoms with E-state index in [1.807, 2.05) is 31.2 Å². The molecule has 32 heavy (non-hydrogen) atoms. The lowest BCUT2D eigenvalue weighted by atomic mass is 10.0. The number of carbonyl (C=O) groups is 2. The highest BCUT2D eigenvalue weighted by Crippen LogP contribution is 2.31. The molecule has 0 saturated heterocycles. The van der Waals surface area contributed by atoms with Crippen LogP contribution in [-0.2, 0) is 16.1 Å². The smallest absolute Gasteiger partial charge is 0.247 e. The molecule has 7 heteroatoms. The maximum atomic E-state index is 13.8. The topological polar surface area (TPSA) is 49.4 Å². The number of hydrogen-bond acceptors (Lipinski definition) is 2. The Morgan fingerprint density at radius 1 is 1.09 bits per heavy atom. The van der Waals surface area contributed by atoms with Gasteiger partial charge in [0.25, 0.3) is 0 Å². The highest BCUT2D eigenvalue weighted by atomic mass is 35.5. The van der Waals surface area contributed by atoms with Crippen LogP contribution in [0.4, 0.5) is 4.39 Å². The van der Waals surface area contributed by atoms with Gasteiger partial charge in [0.1, 0.15) is 17.7 Å². The van der Waals surface area contributed by atoms with Crippen LogP contribution in [0.25, 0.3) is 0 Å². The summed E-state index contributed by atoms with van der Waals surface area (Å²) >= 11 is 12.3. The third kappa shape index (κ3) is 6.46. The molecule has 0 bridgehead atoms. The lowest BCUT2D eigenvalue weighted by molar-refractivity contribution is -0.140. The van der Waals surface area contributed by atoms with Crippen molar-refractivity contribution in [3.8, 4) is 0 Å². The largest absolute Gasteiger partial charge is 0.351 e. The zero-order valence-electron chi connectivity index (χ0n) is 18.3. The first-order valence-electron chi connectivity index (χ1n) is 11.1. The molecule has 0 heterocycles. The average molecular weight is 479 g/mol. The summed E-state index contributed by atoms with van der Waals surface area (Å²) in [5.41, 5.74) is 2.33. The van der Waals surface area contributed by atoms with Gasteiger partial charge in [-0.2, -0.15) is 0 Å². The molecule has 1 aliphatic carbocycles. The molecule has 1 aliphatic rings. The van der Waals surface area contributed by atoms with Crippen molar-refractivity contribution in [2.45, 2.75) is 64.1 Å². The van der Waals surface area contributed by atoms with E-state index >= 15 is 0 Å². The molecule has 172 valence electrons. The summed E-state index contributed by atoms with van der Waals surface area (Å²) < 4.78 is 13.8. The predicted octanol–water partition coefficient (Wildman–Crippen LogP) is 5.94. The first-order chi connectivity index (χ1) is 15.4. The molecule has 0 aromatic heterocycles. The van der Waals surface area contributed by atoms with Gasteiger partial charge in [-0.15, -0.1) is 11.6 Å². The van der Waals surface area contributed by atoms with Gasteiger partial charge in [0, 0.05) is 23.2 Å². The lowest BCUT2D eigenvalue weighted by Gasteiger charge is -2.33. The van der Waals surface area contributed by atoms with E-state index in [9.17, 15) is 14.0 Å². The van der Waals surface area contributed by atoms with Crippen LogP contribution in [0.2, 0.25) is 5.02 Å². The van der Waals surface area contributed by atoms with E-state index in [1.165, 1.54) is 17.0 Å². The van der Waals surface area contributed by atoms with Crippen molar-refractivity contribution in [2.24, 2.45) is 0 Å². The Kier molecular flexibility index (Phi) is 8.94. The second-order valence-electron chi connectivity index (χ2n) is 8.41. The highest BCUT2D eigenvalue weighted by molar-refractivity contribution is 6.31. The van der Waals surface area contributed by atoms with Crippen LogP contribution in [0.3, 0.4) is 0 Å². The molecule has 2 aromatic carbocycles. The summed E-state index contributed by atoms with van der Waals surface area (Å²) in [6.45, 7) is 2.16. The van der Waals surface area contributed by atoms with Crippen molar-refractivity contribution in [3.05, 3.63) is 70.0 Å². The molecule has 1 N–H and O–H groups in total. The Hall–Kier alpha value is -2.11. The number of carbonyl (C=O) groups excluding carboxylic acids is 2. The van der Waals surface area contributed by atoms with Gasteiger partial charge < -0.3 is 10.2 Å². The minimum absolute atomic E-state index is 0.0408. The number of amides is 2. The second-order valence-corrected chi connectivity index (χ2v) is 9.08. The number of aryl methyl sites for hydroxylation is 1. The summed E-state index contributed by atoms with van der Waals surface area (Å²) in [6.07, 6.45) is 6.23. The highest BCUT2D eigenvalue weighted by Gasteiger charge is 2.34. The van der Waals surface area contributed by atoms with Crippen LogP contribution >= 0.6 is 23.2 Å². The zero-order chi connectivity index (χ0) is 23.1. The zero-order valence-corrected chi connectivity index (χ0v) is 19.8. The Morgan fingerprint density at radius 2 is 1.75 bits per heavy atom. The number of alkyl halides is 1. The van der Waals surface area contributed by atoms with E-state index in [-0.39, 0.29) is 29.4 Å². The number of hydrogen-bond donors (Lipinski definition) is 1. The molecule has 0 aliphatic heterocycles. The van der Waals surface area contributed by atoms with E-state index in [0.29, 0.717) is 5.56 Å². The normalized spacial score (nSPS) is 15.6. The molecule has 3 rings (SSSR count). The maximum Gasteiger partial charge on any atom is 0.247 e. The van der Waals surface area contributed by atoms with Crippen LogP contribution in [0.15, 0.2) is 42.5 Å². The molecular weight excluding hydrogens is 450 g/mol. The molecule has 2 amide bonds. The Labute approximate surface area is 199 Å². The van der Waals surface area contributed by atoms with E-state index in [2.05, 4.69) is 5.32 Å². The third-order valence-corrected chi connectivity index (χ3v) is 6.48. The molecule has 1 atom stereocenters. The van der Waals surface area contributed by atoms with Gasteiger partial charge in [-0.05, 0) is 37.5 Å². The number of rotatable bonds is 7. The minimum Gasteiger partial charge on any atom is -0.351 e. The third-order valence-electron chi connectivity index (χ3n) is 5.93. The van der Waals surface area contributed by atoms with Crippen molar-refractivity contribution >= 4 is 35.0 Å². The summed E-state index contributed by atoms with van der Waals surface area (Å²) in [5, 5.41) is 3.22. The molecule has 1 fully saturated rings. The van der Waals surface area contributed by atoms with Crippen LogP contribution < -0.4 is 5.32 Å². The fourth-order valence-electron chi connectivity index (χ4n) is 4.17. The van der Waals surface area contributed by atoms with Crippen molar-refractivity contribution in [1.82, 2.24) is 10.2 Å². The number of benzene rings is 2. The summed E-state index contributed by atoms with van der Waals surface area (Å²) in [5.74, 6) is -1.50. The van der Waals surface area contributed by atoms with Crippen molar-refractivity contribution in [2.75, 3.05) is 5.88 Å². The number of halogens is 3. The van der Waals surface area contributed by atoms with Crippen molar-refractivity contribution in [3.63, 3.8) is 0 Å². The van der Waals surface area contributed by atoms with Crippen LogP contribution in [0, 0.1) is 12.7 Å². The second kappa shape index (κ2) is 11.7. The van der Waals surface area contributed by atoms with Crippen LogP contribution in [0.1, 0.15) is 61.3 Å². The fourth-order valence-corrected chi connectivity index (χ4v) is 4.59. The van der Waals surface area contributed by atoms with E-state index in [0.717, 1.165) is 55.7 Å². The van der Waals surface area contributed by atoms with Crippen LogP contribution in [0.5, 0.6) is 0 Å². The van der Waals surface area contributed by atoms with E-state index < -0.39 is 17.8 Å². The molecular formula is C25H29Cl2FN2O2. The molecule has 0 unspecified atom stereocenters. The van der Waals surface area contributed by atoms with Crippen molar-refractivity contribution in [1.29, 1.82) is 0 Å². The van der Waals surface area contributed by atoms with Gasteiger partial charge in [-0.1, -0.05) is 73.2 Å². The average Bonchev–Trinajstić information content (AvgIpc) is 3.04. The van der Waals surface area contributed by atoms with Gasteiger partial charge in [-0.25, -0.2) is 4.39 Å². The van der Waals surface area contributed by atoms with Gasteiger partial charge in [0.15, 0.2) is 0 Å². The van der Waals surface area contributed by atoms with E-state index in [4.69, 9.17) is 23.2 Å². The van der Waals surface area contributed by atoms with Gasteiger partial charge >= 0.3 is 0 Å². The standard InChI is InChI=1S/C25H29Cl2FN2O2/c1-17-8-10-18(11-9-17)16-30(23(31)15-26)24(21-13-12-19(28)14-22(21)27)25(32)29-20-6-4-2-3-5-7-20/h8-14,20,24H,2-7,15-16H2,1H3,(H,29,32)/t24-/m1/s1. The molecule has 0 radical (unpaired) electrons. The predicted molar refractivity (Wildman–Crippen MR) is 126 cm³/mol. The number of nitrogens with zero attached hydrogens (tertiary/aromatic N) is 1. The molecule has 0 spiro atoms. The summed E-state index contributed by atoms with van der Waals surface area (Å²) in [6, 6.07) is 10.6. The van der Waals surface area contributed by atoms with E-state index in [1.54, 1.807) is 0 Å². The fraction of sp³-hybridized carbons (Fsp3) is 0.440. The van der Waals surface area contributed by atoms with Crippen molar-refractivity contribution < 1.29 is 14.0 Å². The molecule has 2 aromatic rings. The quantitative estimate of drug-likeness (QED) is 0.395. The molecule has 1 saturated carbocycles. The maximum absolute atomic E-state index is 13.8. The van der Waals surface area contributed by atoms with Gasteiger partial charge in [-0.3, -0.25) is 9.59 Å². The van der Waals surface area contributed by atoms with Crippen LogP contribution in [-0.4, -0.2) is 28.6 Å². The first kappa shape index (κ1) is 24.5. The Morgan fingerprint density at radius 3 is 2.34 bits per heavy atom. The summed E-state index contributed by atoms with van der Waals surface area (Å²) in [7, 11) is 0. The molecule has 4 nitrogen and oxygen atoms in total. The number of nitrogens with one attached hydrogen (secondary N) is 1. The lowest BCUT2D eigenvalue weighted by Crippen LogP contribution is -2.46. The monoisotopic (exact) mass is 478 g/mol. The Balaban J connectivity index is 1.97. The van der Waals surface area contributed by atoms with Gasteiger partial charge in [0.2, 0.25) is 11.8 Å². The minimum atomic E-state index is -1.01. The first-order valence-corrected chi connectivity index (χ1v) is 12.0.